The highest BCUT2D eigenvalue weighted by Gasteiger charge is 2.12. The first-order chi connectivity index (χ1) is 16.6. The Hall–Kier alpha value is -2.97. The van der Waals surface area contributed by atoms with Gasteiger partial charge in [-0.25, -0.2) is 0 Å². The van der Waals surface area contributed by atoms with E-state index in [0.29, 0.717) is 17.1 Å². The summed E-state index contributed by atoms with van der Waals surface area (Å²) in [5.74, 6) is -0.0920. The molecule has 1 amide bonds. The summed E-state index contributed by atoms with van der Waals surface area (Å²) >= 11 is 7.99. The van der Waals surface area contributed by atoms with Crippen molar-refractivity contribution in [2.24, 2.45) is 0 Å². The minimum absolute atomic E-state index is 0.0920. The number of benzene rings is 2. The van der Waals surface area contributed by atoms with Crippen molar-refractivity contribution >= 4 is 57.6 Å². The third-order valence-corrected chi connectivity index (χ3v) is 7.06. The lowest BCUT2D eigenvalue weighted by atomic mass is 10.1. The predicted molar refractivity (Wildman–Crippen MR) is 141 cm³/mol. The molecule has 0 unspecified atom stereocenters. The Morgan fingerprint density at radius 2 is 2.03 bits per heavy atom. The Morgan fingerprint density at radius 1 is 1.15 bits per heavy atom. The van der Waals surface area contributed by atoms with Crippen LogP contribution >= 0.6 is 22.9 Å². The SMILES string of the molecule is O=C(Cc1cccs1)Nc1cc2c(/C=C/c3cccc(CN4CCNCC4)c3)n[nH]c2cc1Cl. The van der Waals surface area contributed by atoms with Gasteiger partial charge in [0.25, 0.3) is 0 Å². The van der Waals surface area contributed by atoms with E-state index in [-0.39, 0.29) is 5.91 Å². The Morgan fingerprint density at radius 3 is 2.85 bits per heavy atom. The molecule has 0 atom stereocenters. The lowest BCUT2D eigenvalue weighted by molar-refractivity contribution is -0.115. The third-order valence-electron chi connectivity index (χ3n) is 5.87. The van der Waals surface area contributed by atoms with Gasteiger partial charge < -0.3 is 10.6 Å². The molecule has 2 aromatic heterocycles. The number of carbonyl (C=O) groups is 1. The molecule has 1 fully saturated rings. The van der Waals surface area contributed by atoms with Crippen molar-refractivity contribution in [2.75, 3.05) is 31.5 Å². The lowest BCUT2D eigenvalue weighted by Crippen LogP contribution is -2.42. The smallest absolute Gasteiger partial charge is 0.229 e. The zero-order valence-electron chi connectivity index (χ0n) is 18.7. The van der Waals surface area contributed by atoms with Crippen LogP contribution in [0.25, 0.3) is 23.1 Å². The molecule has 0 radical (unpaired) electrons. The minimum Gasteiger partial charge on any atom is -0.324 e. The average molecular weight is 492 g/mol. The number of rotatable bonds is 7. The monoisotopic (exact) mass is 491 g/mol. The number of hydrogen-bond donors (Lipinski definition) is 3. The minimum atomic E-state index is -0.0920. The first-order valence-corrected chi connectivity index (χ1v) is 12.6. The number of nitrogens with one attached hydrogen (secondary N) is 3. The van der Waals surface area contributed by atoms with Crippen LogP contribution in [0.3, 0.4) is 0 Å². The summed E-state index contributed by atoms with van der Waals surface area (Å²) in [5.41, 5.74) is 4.65. The highest BCUT2D eigenvalue weighted by molar-refractivity contribution is 7.10. The van der Waals surface area contributed by atoms with Crippen LogP contribution in [0.2, 0.25) is 5.02 Å². The number of hydrogen-bond acceptors (Lipinski definition) is 5. The number of thiophene rings is 1. The molecule has 4 aromatic rings. The van der Waals surface area contributed by atoms with Gasteiger partial charge in [-0.2, -0.15) is 5.10 Å². The highest BCUT2D eigenvalue weighted by atomic mass is 35.5. The normalized spacial score (nSPS) is 14.7. The molecule has 2 aromatic carbocycles. The molecule has 0 bridgehead atoms. The second-order valence-corrected chi connectivity index (χ2v) is 9.83. The number of anilines is 1. The third kappa shape index (κ3) is 5.56. The molecule has 3 heterocycles. The fraction of sp³-hybridized carbons (Fsp3) is 0.231. The van der Waals surface area contributed by atoms with Crippen LogP contribution in [0, 0.1) is 0 Å². The van der Waals surface area contributed by atoms with Crippen molar-refractivity contribution in [3.8, 4) is 0 Å². The second-order valence-electron chi connectivity index (χ2n) is 8.40. The topological polar surface area (TPSA) is 73.1 Å². The fourth-order valence-electron chi connectivity index (χ4n) is 4.14. The van der Waals surface area contributed by atoms with Crippen LogP contribution in [0.1, 0.15) is 21.7 Å². The number of carbonyl (C=O) groups excluding carboxylic acids is 1. The summed E-state index contributed by atoms with van der Waals surface area (Å²) in [6.45, 7) is 5.21. The van der Waals surface area contributed by atoms with E-state index in [2.05, 4.69) is 56.1 Å². The van der Waals surface area contributed by atoms with Crippen molar-refractivity contribution in [2.45, 2.75) is 13.0 Å². The Kier molecular flexibility index (Phi) is 7.06. The first kappa shape index (κ1) is 22.8. The summed E-state index contributed by atoms with van der Waals surface area (Å²) in [4.78, 5) is 16.0. The van der Waals surface area contributed by atoms with E-state index in [1.165, 1.54) is 5.56 Å². The summed E-state index contributed by atoms with van der Waals surface area (Å²) in [5, 5.41) is 17.2. The molecule has 3 N–H and O–H groups in total. The summed E-state index contributed by atoms with van der Waals surface area (Å²) in [6, 6.07) is 16.2. The van der Waals surface area contributed by atoms with E-state index in [4.69, 9.17) is 11.6 Å². The molecule has 0 saturated carbocycles. The highest BCUT2D eigenvalue weighted by Crippen LogP contribution is 2.30. The molecular formula is C26H26ClN5OS. The summed E-state index contributed by atoms with van der Waals surface area (Å²) in [6.07, 6.45) is 4.39. The van der Waals surface area contributed by atoms with E-state index >= 15 is 0 Å². The standard InChI is InChI=1S/C26H26ClN5OS/c27-22-16-24-21(15-25(22)29-26(33)14-20-5-2-12-34-20)23(30-31-24)7-6-18-3-1-4-19(13-18)17-32-10-8-28-9-11-32/h1-7,12-13,15-16,28H,8-11,14,17H2,(H,29,33)(H,30,31)/b7-6+. The van der Waals surface area contributed by atoms with Crippen LogP contribution in [-0.2, 0) is 17.8 Å². The Bertz CT molecular complexity index is 1310. The van der Waals surface area contributed by atoms with Crippen molar-refractivity contribution in [1.29, 1.82) is 0 Å². The van der Waals surface area contributed by atoms with Crippen LogP contribution in [0.15, 0.2) is 53.9 Å². The molecule has 1 aliphatic heterocycles. The van der Waals surface area contributed by atoms with E-state index in [1.54, 1.807) is 17.4 Å². The maximum absolute atomic E-state index is 12.5. The maximum Gasteiger partial charge on any atom is 0.229 e. The van der Waals surface area contributed by atoms with Gasteiger partial charge in [-0.05, 0) is 40.8 Å². The molecule has 0 spiro atoms. The zero-order valence-corrected chi connectivity index (χ0v) is 20.3. The molecule has 6 nitrogen and oxygen atoms in total. The summed E-state index contributed by atoms with van der Waals surface area (Å²) in [7, 11) is 0. The molecular weight excluding hydrogens is 466 g/mol. The molecule has 0 aliphatic carbocycles. The van der Waals surface area contributed by atoms with Crippen molar-refractivity contribution in [3.63, 3.8) is 0 Å². The molecule has 5 rings (SSSR count). The quantitative estimate of drug-likeness (QED) is 0.339. The van der Waals surface area contributed by atoms with Crippen LogP contribution in [0.5, 0.6) is 0 Å². The number of amides is 1. The lowest BCUT2D eigenvalue weighted by Gasteiger charge is -2.27. The molecule has 1 aliphatic rings. The number of aromatic amines is 1. The van der Waals surface area contributed by atoms with E-state index in [9.17, 15) is 4.79 Å². The van der Waals surface area contributed by atoms with Crippen LogP contribution in [0.4, 0.5) is 5.69 Å². The first-order valence-electron chi connectivity index (χ1n) is 11.3. The Labute approximate surface area is 207 Å². The number of aromatic nitrogens is 2. The molecule has 8 heteroatoms. The maximum atomic E-state index is 12.5. The number of halogens is 1. The van der Waals surface area contributed by atoms with E-state index < -0.39 is 0 Å². The van der Waals surface area contributed by atoms with Gasteiger partial charge >= 0.3 is 0 Å². The molecule has 1 saturated heterocycles. The largest absolute Gasteiger partial charge is 0.324 e. The van der Waals surface area contributed by atoms with Crippen LogP contribution in [-0.4, -0.2) is 47.2 Å². The molecule has 174 valence electrons. The average Bonchev–Trinajstić information content (AvgIpc) is 3.48. The molecule has 34 heavy (non-hydrogen) atoms. The predicted octanol–water partition coefficient (Wildman–Crippen LogP) is 5.03. The van der Waals surface area contributed by atoms with Gasteiger partial charge in [0.1, 0.15) is 0 Å². The number of fused-ring (bicyclic) bond motifs is 1. The van der Waals surface area contributed by atoms with Gasteiger partial charge in [-0.15, -0.1) is 11.3 Å². The van der Waals surface area contributed by atoms with E-state index in [1.807, 2.05) is 29.7 Å². The van der Waals surface area contributed by atoms with E-state index in [0.717, 1.165) is 59.8 Å². The number of H-pyrrole nitrogens is 1. The van der Waals surface area contributed by atoms with Crippen LogP contribution < -0.4 is 10.6 Å². The summed E-state index contributed by atoms with van der Waals surface area (Å²) < 4.78 is 0. The van der Waals surface area contributed by atoms with Crippen molar-refractivity contribution < 1.29 is 4.79 Å². The van der Waals surface area contributed by atoms with Crippen molar-refractivity contribution in [1.82, 2.24) is 20.4 Å². The van der Waals surface area contributed by atoms with Gasteiger partial charge in [-0.3, -0.25) is 14.8 Å². The van der Waals surface area contributed by atoms with Gasteiger partial charge in [0.05, 0.1) is 28.3 Å². The zero-order chi connectivity index (χ0) is 23.3. The number of nitrogens with zero attached hydrogens (tertiary/aromatic N) is 2. The van der Waals surface area contributed by atoms with Crippen molar-refractivity contribution in [3.05, 3.63) is 80.6 Å². The second kappa shape index (κ2) is 10.5. The van der Waals surface area contributed by atoms with Gasteiger partial charge in [-0.1, -0.05) is 48.0 Å². The Balaban J connectivity index is 1.32. The number of piperazine rings is 1. The fourth-order valence-corrected chi connectivity index (χ4v) is 5.06. The van der Waals surface area contributed by atoms with Gasteiger partial charge in [0, 0.05) is 43.0 Å². The van der Waals surface area contributed by atoms with Gasteiger partial charge in [0.2, 0.25) is 5.91 Å². The van der Waals surface area contributed by atoms with Gasteiger partial charge in [0.15, 0.2) is 0 Å².